The predicted molar refractivity (Wildman–Crippen MR) is 329 cm³/mol. The number of aliphatic hydroxyl groups excluding tert-OH is 7. The number of hydrogen-bond acceptors (Lipinski definition) is 26. The second kappa shape index (κ2) is 32.6. The highest BCUT2D eigenvalue weighted by Crippen LogP contribution is 2.35. The summed E-state index contributed by atoms with van der Waals surface area (Å²) in [5.74, 6) is -11.2. The lowest BCUT2D eigenvalue weighted by molar-refractivity contribution is -0.433. The predicted octanol–water partition coefficient (Wildman–Crippen LogP) is -1.60. The van der Waals surface area contributed by atoms with Crippen LogP contribution in [0.4, 0.5) is 0 Å². The molecule has 5 heterocycles. The first-order valence-corrected chi connectivity index (χ1v) is 31.4. The second-order valence-corrected chi connectivity index (χ2v) is 24.3. The number of aromatic nitrogens is 4. The molecule has 3 aromatic carbocycles. The lowest BCUT2D eigenvalue weighted by Crippen LogP contribution is -2.64. The number of unbranched alkanes of at least 4 members (excludes halogenated alkanes) is 3. The van der Waals surface area contributed by atoms with Gasteiger partial charge in [0.2, 0.25) is 41.4 Å². The number of phenols is 1. The number of nitrogens with one attached hydrogen (secondary N) is 5. The number of benzene rings is 3. The quantitative estimate of drug-likeness (QED) is 0.0161. The number of phenolic OH excluding ortho intramolecular Hbond substituents is 1. The van der Waals surface area contributed by atoms with E-state index in [0.29, 0.717) is 27.7 Å². The van der Waals surface area contributed by atoms with Crippen molar-refractivity contribution in [1.29, 1.82) is 0 Å². The minimum Gasteiger partial charge on any atom is -0.504 e. The van der Waals surface area contributed by atoms with Crippen molar-refractivity contribution in [2.24, 2.45) is 11.7 Å². The summed E-state index contributed by atoms with van der Waals surface area (Å²) < 4.78 is 16.8. The van der Waals surface area contributed by atoms with Gasteiger partial charge in [0.05, 0.1) is 61.0 Å². The number of nitrogens with two attached hydrogens (primary N) is 1. The third-order valence-corrected chi connectivity index (χ3v) is 17.3. The monoisotopic (exact) mass is 1350 g/mol. The Morgan fingerprint density at radius 3 is 2.16 bits per heavy atom. The minimum atomic E-state index is -2.53. The number of ether oxygens (including phenoxy) is 1. The fourth-order valence-electron chi connectivity index (χ4n) is 10.9. The Bertz CT molecular complexity index is 3470. The molecule has 0 saturated carbocycles. The summed E-state index contributed by atoms with van der Waals surface area (Å²) in [6, 6.07) is 4.06. The highest BCUT2D eigenvalue weighted by atomic mass is 32.2. The zero-order valence-corrected chi connectivity index (χ0v) is 52.5. The molecule has 0 spiro atoms. The van der Waals surface area contributed by atoms with E-state index in [-0.39, 0.29) is 23.5 Å². The summed E-state index contributed by atoms with van der Waals surface area (Å²) in [7, 11) is 0. The van der Waals surface area contributed by atoms with Crippen LogP contribution in [0.15, 0.2) is 79.1 Å². The number of amides is 8. The molecule has 3 aliphatic rings. The zero-order chi connectivity index (χ0) is 68.1. The van der Waals surface area contributed by atoms with E-state index in [1.54, 1.807) is 29.2 Å². The molecule has 0 radical (unpaired) electrons. The molecular weight excluding hydrogens is 1280 g/mol. The maximum absolute atomic E-state index is 14.7. The molecule has 0 bridgehead atoms. The van der Waals surface area contributed by atoms with Crippen LogP contribution < -0.4 is 41.2 Å². The highest BCUT2D eigenvalue weighted by molar-refractivity contribution is 7.90. The van der Waals surface area contributed by atoms with Crippen molar-refractivity contribution < 1.29 is 103 Å². The number of hydrogen-bond donors (Lipinski definition) is 15. The van der Waals surface area contributed by atoms with Crippen LogP contribution in [0.5, 0.6) is 17.2 Å². The summed E-state index contributed by atoms with van der Waals surface area (Å²) in [5.41, 5.74) is 7.02. The first kappa shape index (κ1) is 71.4. The molecule has 94 heavy (non-hydrogen) atoms. The summed E-state index contributed by atoms with van der Waals surface area (Å²) in [6.45, 7) is 3.44. The van der Waals surface area contributed by atoms with E-state index in [2.05, 4.69) is 58.2 Å². The van der Waals surface area contributed by atoms with Gasteiger partial charge in [-0.15, -0.1) is 10.2 Å². The van der Waals surface area contributed by atoms with Gasteiger partial charge in [-0.05, 0) is 67.4 Å². The Morgan fingerprint density at radius 1 is 0.798 bits per heavy atom. The fourth-order valence-corrected chi connectivity index (χ4v) is 12.0. The van der Waals surface area contributed by atoms with Crippen LogP contribution >= 0.6 is 23.7 Å². The van der Waals surface area contributed by atoms with Crippen LogP contribution in [-0.2, 0) is 42.9 Å². The van der Waals surface area contributed by atoms with Crippen LogP contribution in [-0.4, -0.2) is 222 Å². The van der Waals surface area contributed by atoms with E-state index in [1.165, 1.54) is 30.4 Å². The van der Waals surface area contributed by atoms with Gasteiger partial charge in [0.25, 0.3) is 18.2 Å². The van der Waals surface area contributed by atoms with Crippen molar-refractivity contribution in [2.75, 3.05) is 26.2 Å². The molecule has 3 fully saturated rings. The van der Waals surface area contributed by atoms with E-state index in [9.17, 15) is 79.2 Å². The number of primary amides is 1. The molecule has 16 N–H and O–H groups in total. The maximum Gasteiger partial charge on any atom is 0.261 e. The molecule has 2 aromatic heterocycles. The molecule has 0 aliphatic carbocycles. The normalized spacial score (nSPS) is 24.7. The van der Waals surface area contributed by atoms with Gasteiger partial charge >= 0.3 is 0 Å². The number of nitrogens with zero attached hydrogens (tertiary/aromatic N) is 6. The molecule has 8 amide bonds. The number of carbonyl (C=O) groups is 8. The lowest BCUT2D eigenvalue weighted by atomic mass is 9.96. The van der Waals surface area contributed by atoms with E-state index in [0.717, 1.165) is 72.0 Å². The van der Waals surface area contributed by atoms with Crippen molar-refractivity contribution >= 4 is 70.9 Å². The van der Waals surface area contributed by atoms with Crippen molar-refractivity contribution in [2.45, 2.75) is 145 Å². The molecule has 3 saturated heterocycles. The van der Waals surface area contributed by atoms with Gasteiger partial charge in [-0.2, -0.15) is 5.10 Å². The topological polar surface area (TPSA) is 492 Å². The van der Waals surface area contributed by atoms with Crippen LogP contribution in [0.3, 0.4) is 0 Å². The second-order valence-electron chi connectivity index (χ2n) is 22.9. The summed E-state index contributed by atoms with van der Waals surface area (Å²) in [4.78, 5) is 115. The number of aliphatic hydroxyl groups is 7. The summed E-state index contributed by atoms with van der Waals surface area (Å²) in [6.07, 6.45) is -8.41. The summed E-state index contributed by atoms with van der Waals surface area (Å²) in [5, 5.41) is 128. The molecule has 508 valence electrons. The first-order chi connectivity index (χ1) is 44.9. The Morgan fingerprint density at radius 2 is 1.48 bits per heavy atom. The molecule has 14 atom stereocenters. The average molecular weight is 1350 g/mol. The molecule has 14 unspecified atom stereocenters. The number of β-amino-alcohol motifs (C(OH)–C–C–N with tert-alkyl or cyclic N) is 1. The van der Waals surface area contributed by atoms with Crippen LogP contribution in [0.25, 0.3) is 26.8 Å². The van der Waals surface area contributed by atoms with Gasteiger partial charge in [-0.3, -0.25) is 38.4 Å². The minimum absolute atomic E-state index is 0.0252. The molecule has 5 aromatic rings. The number of carbonyl (C=O) groups excluding carboxylic acids is 8. The molecule has 3 aliphatic heterocycles. The van der Waals surface area contributed by atoms with Crippen molar-refractivity contribution in [3.63, 3.8) is 0 Å². The fraction of sp³-hybridized carbons (Fsp3) is 0.475. The molecule has 8 rings (SSSR count). The van der Waals surface area contributed by atoms with E-state index in [4.69, 9.17) is 19.9 Å². The Labute approximate surface area is 544 Å². The Hall–Kier alpha value is -8.46. The SMILES string of the molecule is CCCCCCOc1ccc(-n2cc(-c3nnc(-c4ccc(C(=O)NC5CC(O)CNC(=O)C6C(O)C(C)CN6C(=O)C(C(O)CC(N)=O)NC(=O)C(C(O)C(O)c6ccc(O)c(OSOOO)c6)NC(=O)C6CC(O)CN6C(=O)C(C(C)O)NC5=O)cc4)s3)cn2)cc1. The third kappa shape index (κ3) is 17.7. The largest absolute Gasteiger partial charge is 0.504 e. The number of fused-ring (bicyclic) bond motifs is 2. The maximum atomic E-state index is 14.7. The molecular formula is C59H74N12O21S2. The van der Waals surface area contributed by atoms with Crippen molar-refractivity contribution in [3.05, 3.63) is 90.3 Å². The molecule has 33 nitrogen and oxygen atoms in total. The van der Waals surface area contributed by atoms with E-state index >= 15 is 0 Å². The Kier molecular flexibility index (Phi) is 24.8. The van der Waals surface area contributed by atoms with Gasteiger partial charge in [-0.25, -0.2) is 9.94 Å². The highest BCUT2D eigenvalue weighted by Gasteiger charge is 2.50. The zero-order valence-electron chi connectivity index (χ0n) is 50.9. The van der Waals surface area contributed by atoms with Gasteiger partial charge in [0, 0.05) is 55.7 Å². The first-order valence-electron chi connectivity index (χ1n) is 29.9. The lowest BCUT2D eigenvalue weighted by Gasteiger charge is -2.34. The van der Waals surface area contributed by atoms with Gasteiger partial charge in [0.15, 0.2) is 16.5 Å². The average Bonchev–Trinajstić information content (AvgIpc) is 1.58. The van der Waals surface area contributed by atoms with Gasteiger partial charge in [0.1, 0.15) is 59.2 Å². The van der Waals surface area contributed by atoms with Crippen LogP contribution in [0.1, 0.15) is 87.7 Å². The smallest absolute Gasteiger partial charge is 0.261 e. The number of rotatable bonds is 22. The van der Waals surface area contributed by atoms with E-state index < -0.39 is 183 Å². The van der Waals surface area contributed by atoms with E-state index in [1.807, 2.05) is 24.3 Å². The van der Waals surface area contributed by atoms with Gasteiger partial charge in [-0.1, -0.05) is 72.0 Å². The standard InChI is InChI=1S/C59H74N12O21S2/c1-4-5-6-7-18-89-37-15-13-34(14-16-37)71-26-33(23-62-71)57-68-67-56(93-57)31-10-8-30(9-11-31)51(81)63-38-20-35(73)24-61-55(85)47-48(78)28(2)25-70(47)59(87)45(41(76)22-43(60)77)65-54(84)46(50(80)49(79)32-12-17-40(75)42(19-32)90-94-92-91-88)66-53(83)39-21-36(74)27-69(39)58(86)44(29(3)72)64-52(38)82/h8-17,19,23,26,28-29,35-36,38-39,41,44-50,72-76,78-80,88H,4-7,18,20-22,24-25,27H2,1-3H3,(H2,60,77)(H,61,85)(H,63,81)(H,64,82)(H,65,84)(H,66,83). The van der Waals surface area contributed by atoms with Gasteiger partial charge < -0.3 is 91.9 Å². The van der Waals surface area contributed by atoms with Crippen LogP contribution in [0, 0.1) is 5.92 Å². The molecule has 35 heteroatoms. The van der Waals surface area contributed by atoms with Crippen LogP contribution in [0.2, 0.25) is 0 Å². The van der Waals surface area contributed by atoms with Crippen molar-refractivity contribution in [1.82, 2.24) is 56.4 Å². The number of aromatic hydroxyl groups is 1. The third-order valence-electron chi connectivity index (χ3n) is 16.0. The Balaban J connectivity index is 1.06. The van der Waals surface area contributed by atoms with Crippen molar-refractivity contribution in [3.8, 4) is 44.1 Å². The summed E-state index contributed by atoms with van der Waals surface area (Å²) >= 11 is 1.22.